The second-order valence-corrected chi connectivity index (χ2v) is 6.52. The van der Waals surface area contributed by atoms with Crippen LogP contribution in [0.25, 0.3) is 10.9 Å². The molecular weight excluding hydrogens is 320 g/mol. The number of hydrogen-bond donors (Lipinski definition) is 0. The van der Waals surface area contributed by atoms with Crippen LogP contribution in [-0.2, 0) is 10.0 Å². The third-order valence-corrected chi connectivity index (χ3v) is 5.16. The van der Waals surface area contributed by atoms with Gasteiger partial charge in [-0.25, -0.2) is 12.4 Å². The van der Waals surface area contributed by atoms with Crippen LogP contribution in [0.3, 0.4) is 0 Å². The summed E-state index contributed by atoms with van der Waals surface area (Å²) >= 11 is 0. The number of methoxy groups -OCH3 is 1. The van der Waals surface area contributed by atoms with Crippen molar-refractivity contribution in [1.29, 1.82) is 0 Å². The molecule has 0 unspecified atom stereocenters. The highest BCUT2D eigenvalue weighted by Crippen LogP contribution is 2.35. The predicted octanol–water partition coefficient (Wildman–Crippen LogP) is 2.80. The normalized spacial score (nSPS) is 11.5. The molecule has 7 nitrogen and oxygen atoms in total. The molecule has 0 spiro atoms. The van der Waals surface area contributed by atoms with E-state index in [1.165, 1.54) is 43.5 Å². The molecule has 0 saturated heterocycles. The van der Waals surface area contributed by atoms with Crippen LogP contribution < -0.4 is 4.74 Å². The number of nitro benzene ring substituents is 1. The summed E-state index contributed by atoms with van der Waals surface area (Å²) < 4.78 is 31.9. The highest BCUT2D eigenvalue weighted by atomic mass is 32.2. The van der Waals surface area contributed by atoms with E-state index in [0.29, 0.717) is 0 Å². The molecule has 0 bridgehead atoms. The molecule has 0 aliphatic heterocycles. The van der Waals surface area contributed by atoms with Crippen molar-refractivity contribution in [3.05, 3.63) is 64.7 Å². The van der Waals surface area contributed by atoms with Gasteiger partial charge in [-0.3, -0.25) is 10.1 Å². The number of hydrogen-bond acceptors (Lipinski definition) is 5. The zero-order valence-electron chi connectivity index (χ0n) is 12.0. The number of ether oxygens (including phenoxy) is 1. The van der Waals surface area contributed by atoms with Crippen molar-refractivity contribution < 1.29 is 18.1 Å². The molecule has 0 amide bonds. The van der Waals surface area contributed by atoms with Gasteiger partial charge in [0.1, 0.15) is 0 Å². The summed E-state index contributed by atoms with van der Waals surface area (Å²) in [7, 11) is -2.62. The minimum atomic E-state index is -3.94. The fourth-order valence-corrected chi connectivity index (χ4v) is 3.91. The Kier molecular flexibility index (Phi) is 3.53. The SMILES string of the molecule is COc1cc2c([N+](=O)[O-])cccc2n1S(=O)(=O)c1ccccc1. The van der Waals surface area contributed by atoms with Gasteiger partial charge in [-0.2, -0.15) is 0 Å². The fraction of sp³-hybridized carbons (Fsp3) is 0.0667. The maximum absolute atomic E-state index is 12.9. The second kappa shape index (κ2) is 5.40. The van der Waals surface area contributed by atoms with Gasteiger partial charge in [0, 0.05) is 12.1 Å². The summed E-state index contributed by atoms with van der Waals surface area (Å²) in [6.45, 7) is 0. The first-order chi connectivity index (χ1) is 11.0. The summed E-state index contributed by atoms with van der Waals surface area (Å²) in [5, 5.41) is 11.4. The topological polar surface area (TPSA) is 91.4 Å². The zero-order valence-corrected chi connectivity index (χ0v) is 12.9. The van der Waals surface area contributed by atoms with Crippen LogP contribution in [0.1, 0.15) is 0 Å². The predicted molar refractivity (Wildman–Crippen MR) is 84.2 cm³/mol. The van der Waals surface area contributed by atoms with Crippen LogP contribution in [0, 0.1) is 10.1 Å². The van der Waals surface area contributed by atoms with Crippen molar-refractivity contribution in [2.45, 2.75) is 4.90 Å². The summed E-state index contributed by atoms with van der Waals surface area (Å²) in [4.78, 5) is 10.7. The number of nitrogens with zero attached hydrogens (tertiary/aromatic N) is 2. The van der Waals surface area contributed by atoms with Gasteiger partial charge in [0.05, 0.1) is 27.8 Å². The maximum Gasteiger partial charge on any atom is 0.278 e. The van der Waals surface area contributed by atoms with Gasteiger partial charge in [-0.1, -0.05) is 24.3 Å². The van der Waals surface area contributed by atoms with Gasteiger partial charge >= 0.3 is 0 Å². The number of nitro groups is 1. The Balaban J connectivity index is 2.38. The minimum absolute atomic E-state index is 0.0122. The lowest BCUT2D eigenvalue weighted by Gasteiger charge is -2.10. The van der Waals surface area contributed by atoms with E-state index in [-0.39, 0.29) is 27.4 Å². The highest BCUT2D eigenvalue weighted by molar-refractivity contribution is 7.90. The lowest BCUT2D eigenvalue weighted by molar-refractivity contribution is -0.383. The molecule has 3 rings (SSSR count). The molecule has 0 aliphatic carbocycles. The molecule has 0 N–H and O–H groups in total. The number of rotatable bonds is 4. The first-order valence-corrected chi connectivity index (χ1v) is 8.04. The third-order valence-electron chi connectivity index (χ3n) is 3.43. The fourth-order valence-electron chi connectivity index (χ4n) is 2.41. The number of non-ortho nitro benzene ring substituents is 1. The van der Waals surface area contributed by atoms with Gasteiger partial charge < -0.3 is 4.74 Å². The Morgan fingerprint density at radius 1 is 1.09 bits per heavy atom. The van der Waals surface area contributed by atoms with Crippen LogP contribution >= 0.6 is 0 Å². The molecule has 23 heavy (non-hydrogen) atoms. The van der Waals surface area contributed by atoms with Gasteiger partial charge in [0.15, 0.2) is 0 Å². The standard InChI is InChI=1S/C15H12N2O5S/c1-22-15-10-12-13(8-5-9-14(12)17(18)19)16(15)23(20,21)11-6-3-2-4-7-11/h2-10H,1H3. The molecule has 118 valence electrons. The Morgan fingerprint density at radius 2 is 1.78 bits per heavy atom. The van der Waals surface area contributed by atoms with E-state index in [4.69, 9.17) is 4.74 Å². The molecule has 2 aromatic carbocycles. The van der Waals surface area contributed by atoms with Crippen molar-refractivity contribution in [2.24, 2.45) is 0 Å². The lowest BCUT2D eigenvalue weighted by atomic mass is 10.2. The van der Waals surface area contributed by atoms with Gasteiger partial charge in [-0.05, 0) is 18.2 Å². The second-order valence-electron chi connectivity index (χ2n) is 4.74. The monoisotopic (exact) mass is 332 g/mol. The number of fused-ring (bicyclic) bond motifs is 1. The van der Waals surface area contributed by atoms with Crippen LogP contribution in [0.2, 0.25) is 0 Å². The molecule has 3 aromatic rings. The first kappa shape index (κ1) is 15.0. The minimum Gasteiger partial charge on any atom is -0.481 e. The molecule has 8 heteroatoms. The van der Waals surface area contributed by atoms with Gasteiger partial charge in [0.2, 0.25) is 5.88 Å². The van der Waals surface area contributed by atoms with Crippen LogP contribution in [0.15, 0.2) is 59.5 Å². The average molecular weight is 332 g/mol. The molecule has 0 atom stereocenters. The maximum atomic E-state index is 12.9. The molecular formula is C15H12N2O5S. The van der Waals surface area contributed by atoms with Gasteiger partial charge in [-0.15, -0.1) is 0 Å². The van der Waals surface area contributed by atoms with Crippen molar-refractivity contribution in [3.8, 4) is 5.88 Å². The Labute approximate surface area is 131 Å². The third kappa shape index (κ3) is 2.33. The van der Waals surface area contributed by atoms with Crippen LogP contribution in [0.5, 0.6) is 5.88 Å². The molecule has 0 radical (unpaired) electrons. The largest absolute Gasteiger partial charge is 0.481 e. The Hall–Kier alpha value is -2.87. The molecule has 0 saturated carbocycles. The van der Waals surface area contributed by atoms with Crippen LogP contribution in [0.4, 0.5) is 5.69 Å². The van der Waals surface area contributed by atoms with Crippen molar-refractivity contribution >= 4 is 26.6 Å². The zero-order chi connectivity index (χ0) is 16.6. The lowest BCUT2D eigenvalue weighted by Crippen LogP contribution is -2.13. The van der Waals surface area contributed by atoms with Crippen LogP contribution in [-0.4, -0.2) is 24.4 Å². The molecule has 0 aliphatic rings. The van der Waals surface area contributed by atoms with E-state index in [2.05, 4.69) is 0 Å². The van der Waals surface area contributed by atoms with E-state index in [1.807, 2.05) is 0 Å². The van der Waals surface area contributed by atoms with E-state index >= 15 is 0 Å². The van der Waals surface area contributed by atoms with Crippen molar-refractivity contribution in [2.75, 3.05) is 7.11 Å². The van der Waals surface area contributed by atoms with E-state index in [9.17, 15) is 18.5 Å². The number of benzene rings is 2. The van der Waals surface area contributed by atoms with E-state index in [1.54, 1.807) is 18.2 Å². The van der Waals surface area contributed by atoms with Crippen molar-refractivity contribution in [1.82, 2.24) is 3.97 Å². The summed E-state index contributed by atoms with van der Waals surface area (Å²) in [6, 6.07) is 13.4. The smallest absolute Gasteiger partial charge is 0.278 e. The molecule has 1 heterocycles. The summed E-state index contributed by atoms with van der Waals surface area (Å²) in [6.07, 6.45) is 0. The first-order valence-electron chi connectivity index (χ1n) is 6.60. The van der Waals surface area contributed by atoms with Gasteiger partial charge in [0.25, 0.3) is 15.7 Å². The molecule has 1 aromatic heterocycles. The highest BCUT2D eigenvalue weighted by Gasteiger charge is 2.26. The van der Waals surface area contributed by atoms with E-state index in [0.717, 1.165) is 3.97 Å². The summed E-state index contributed by atoms with van der Waals surface area (Å²) in [5.74, 6) is 0.0122. The van der Waals surface area contributed by atoms with E-state index < -0.39 is 14.9 Å². The number of aromatic nitrogens is 1. The van der Waals surface area contributed by atoms with Crippen molar-refractivity contribution in [3.63, 3.8) is 0 Å². The summed E-state index contributed by atoms with van der Waals surface area (Å²) in [5.41, 5.74) is 0.0164. The molecule has 0 fully saturated rings. The Morgan fingerprint density at radius 3 is 2.39 bits per heavy atom. The quantitative estimate of drug-likeness (QED) is 0.541. The Bertz CT molecular complexity index is 993. The average Bonchev–Trinajstić information content (AvgIpc) is 2.94.